The van der Waals surface area contributed by atoms with Crippen molar-refractivity contribution in [2.45, 2.75) is 19.9 Å². The summed E-state index contributed by atoms with van der Waals surface area (Å²) in [4.78, 5) is 13.1. The Morgan fingerprint density at radius 1 is 1.60 bits per heavy atom. The van der Waals surface area contributed by atoms with E-state index >= 15 is 0 Å². The van der Waals surface area contributed by atoms with Crippen molar-refractivity contribution in [3.05, 3.63) is 12.2 Å². The number of allylic oxidation sites excluding steroid dienone is 1. The normalized spacial score (nSPS) is 26.6. The molecule has 0 spiro atoms. The number of ether oxygens (including phenoxy) is 1. The first-order valence-electron chi connectivity index (χ1n) is 5.36. The molecule has 0 aromatic heterocycles. The predicted molar refractivity (Wildman–Crippen MR) is 57.8 cm³/mol. The minimum Gasteiger partial charge on any atom is -0.481 e. The van der Waals surface area contributed by atoms with Crippen LogP contribution in [0.3, 0.4) is 0 Å². The van der Waals surface area contributed by atoms with Gasteiger partial charge in [-0.05, 0) is 13.5 Å². The van der Waals surface area contributed by atoms with Crippen molar-refractivity contribution in [2.75, 3.05) is 26.3 Å². The summed E-state index contributed by atoms with van der Waals surface area (Å²) in [6.07, 6.45) is 4.02. The zero-order chi connectivity index (χ0) is 11.3. The van der Waals surface area contributed by atoms with Gasteiger partial charge in [-0.15, -0.1) is 0 Å². The fraction of sp³-hybridized carbons (Fsp3) is 0.727. The second-order valence-corrected chi connectivity index (χ2v) is 3.71. The van der Waals surface area contributed by atoms with Crippen LogP contribution in [0.15, 0.2) is 12.2 Å². The van der Waals surface area contributed by atoms with E-state index in [9.17, 15) is 4.79 Å². The highest BCUT2D eigenvalue weighted by Crippen LogP contribution is 2.19. The number of nitrogens with zero attached hydrogens (tertiary/aromatic N) is 1. The summed E-state index contributed by atoms with van der Waals surface area (Å²) in [5.74, 6) is -1.13. The maximum absolute atomic E-state index is 11.0. The van der Waals surface area contributed by atoms with Gasteiger partial charge in [0.2, 0.25) is 0 Å². The molecule has 1 heterocycles. The van der Waals surface area contributed by atoms with E-state index in [4.69, 9.17) is 9.84 Å². The van der Waals surface area contributed by atoms with Gasteiger partial charge in [-0.2, -0.15) is 0 Å². The summed E-state index contributed by atoms with van der Waals surface area (Å²) in [6.45, 7) is 6.52. The zero-order valence-corrected chi connectivity index (χ0v) is 9.35. The Morgan fingerprint density at radius 2 is 2.33 bits per heavy atom. The lowest BCUT2D eigenvalue weighted by Gasteiger charge is -2.27. The van der Waals surface area contributed by atoms with E-state index in [0.717, 1.165) is 13.1 Å². The molecule has 1 aliphatic rings. The van der Waals surface area contributed by atoms with Crippen LogP contribution in [0.4, 0.5) is 0 Å². The van der Waals surface area contributed by atoms with Gasteiger partial charge in [0.25, 0.3) is 0 Å². The molecule has 0 bridgehead atoms. The van der Waals surface area contributed by atoms with Crippen LogP contribution in [0.5, 0.6) is 0 Å². The Kier molecular flexibility index (Phi) is 4.78. The van der Waals surface area contributed by atoms with Gasteiger partial charge in [0.05, 0.1) is 19.1 Å². The Hall–Kier alpha value is -0.870. The summed E-state index contributed by atoms with van der Waals surface area (Å²) in [6, 6.07) is 0.0173. The number of hydrogen-bond donors (Lipinski definition) is 1. The number of carboxylic acid groups (broad SMARTS) is 1. The van der Waals surface area contributed by atoms with Crippen LogP contribution in [0, 0.1) is 5.92 Å². The topological polar surface area (TPSA) is 49.8 Å². The van der Waals surface area contributed by atoms with Gasteiger partial charge in [0, 0.05) is 12.6 Å². The van der Waals surface area contributed by atoms with Crippen LogP contribution >= 0.6 is 0 Å². The van der Waals surface area contributed by atoms with Crippen LogP contribution in [-0.2, 0) is 9.53 Å². The minimum absolute atomic E-state index is 0.0173. The van der Waals surface area contributed by atoms with Crippen LogP contribution in [0.2, 0.25) is 0 Å². The maximum Gasteiger partial charge on any atom is 0.310 e. The first-order valence-corrected chi connectivity index (χ1v) is 5.36. The molecule has 0 aromatic carbocycles. The van der Waals surface area contributed by atoms with Crippen molar-refractivity contribution in [3.63, 3.8) is 0 Å². The molecule has 1 fully saturated rings. The molecule has 4 nitrogen and oxygen atoms in total. The van der Waals surface area contributed by atoms with Gasteiger partial charge in [-0.1, -0.05) is 19.1 Å². The fourth-order valence-electron chi connectivity index (χ4n) is 1.88. The number of aliphatic carboxylic acids is 1. The van der Waals surface area contributed by atoms with Crippen molar-refractivity contribution in [3.8, 4) is 0 Å². The molecule has 1 aliphatic heterocycles. The van der Waals surface area contributed by atoms with Crippen molar-refractivity contribution < 1.29 is 14.6 Å². The molecule has 4 heteroatoms. The summed E-state index contributed by atoms with van der Waals surface area (Å²) in [5.41, 5.74) is 0. The summed E-state index contributed by atoms with van der Waals surface area (Å²) >= 11 is 0. The van der Waals surface area contributed by atoms with Gasteiger partial charge < -0.3 is 9.84 Å². The Balaban J connectivity index is 2.61. The van der Waals surface area contributed by atoms with E-state index in [1.807, 2.05) is 26.0 Å². The molecule has 1 saturated heterocycles. The Morgan fingerprint density at radius 3 is 2.87 bits per heavy atom. The summed E-state index contributed by atoms with van der Waals surface area (Å²) < 4.78 is 5.25. The lowest BCUT2D eigenvalue weighted by molar-refractivity contribution is -0.143. The highest BCUT2D eigenvalue weighted by molar-refractivity contribution is 5.71. The van der Waals surface area contributed by atoms with Crippen LogP contribution < -0.4 is 0 Å². The van der Waals surface area contributed by atoms with Crippen LogP contribution in [0.1, 0.15) is 13.8 Å². The van der Waals surface area contributed by atoms with Gasteiger partial charge in [-0.25, -0.2) is 0 Å². The average molecular weight is 213 g/mol. The van der Waals surface area contributed by atoms with Gasteiger partial charge in [-0.3, -0.25) is 9.69 Å². The fourth-order valence-corrected chi connectivity index (χ4v) is 1.88. The average Bonchev–Trinajstić information content (AvgIpc) is 2.68. The van der Waals surface area contributed by atoms with Gasteiger partial charge in [0.15, 0.2) is 0 Å². The van der Waals surface area contributed by atoms with Crippen LogP contribution in [-0.4, -0.2) is 48.3 Å². The number of likely N-dealkylation sites (N-methyl/N-ethyl adjacent to an activating group) is 1. The van der Waals surface area contributed by atoms with E-state index in [1.165, 1.54) is 0 Å². The van der Waals surface area contributed by atoms with Gasteiger partial charge in [0.1, 0.15) is 0 Å². The Bertz CT molecular complexity index is 240. The van der Waals surface area contributed by atoms with Crippen molar-refractivity contribution in [1.82, 2.24) is 4.90 Å². The molecule has 2 atom stereocenters. The number of rotatable bonds is 5. The lowest BCUT2D eigenvalue weighted by Crippen LogP contribution is -2.43. The highest BCUT2D eigenvalue weighted by atomic mass is 16.5. The molecule has 1 rings (SSSR count). The summed E-state index contributed by atoms with van der Waals surface area (Å²) in [5, 5.41) is 9.03. The molecule has 0 radical (unpaired) electrons. The SMILES string of the molecule is CC=CCN(CC)C1COCC1C(=O)O. The Labute approximate surface area is 90.5 Å². The van der Waals surface area contributed by atoms with E-state index in [1.54, 1.807) is 0 Å². The molecule has 0 saturated carbocycles. The third kappa shape index (κ3) is 3.04. The molecule has 15 heavy (non-hydrogen) atoms. The maximum atomic E-state index is 11.0. The number of carboxylic acids is 1. The monoisotopic (exact) mass is 213 g/mol. The van der Waals surface area contributed by atoms with Gasteiger partial charge >= 0.3 is 5.97 Å². The van der Waals surface area contributed by atoms with E-state index in [-0.39, 0.29) is 12.0 Å². The molecule has 1 N–H and O–H groups in total. The molecule has 86 valence electrons. The smallest absolute Gasteiger partial charge is 0.310 e. The molecule has 2 unspecified atom stereocenters. The summed E-state index contributed by atoms with van der Waals surface area (Å²) in [7, 11) is 0. The van der Waals surface area contributed by atoms with E-state index in [0.29, 0.717) is 13.2 Å². The molecule has 0 amide bonds. The van der Waals surface area contributed by atoms with E-state index in [2.05, 4.69) is 4.90 Å². The van der Waals surface area contributed by atoms with Crippen molar-refractivity contribution >= 4 is 5.97 Å². The zero-order valence-electron chi connectivity index (χ0n) is 9.35. The number of hydrogen-bond acceptors (Lipinski definition) is 3. The number of carbonyl (C=O) groups is 1. The minimum atomic E-state index is -0.753. The third-order valence-corrected chi connectivity index (χ3v) is 2.82. The molecule has 0 aromatic rings. The second kappa shape index (κ2) is 5.88. The van der Waals surface area contributed by atoms with E-state index < -0.39 is 5.97 Å². The molecule has 0 aliphatic carbocycles. The first kappa shape index (κ1) is 12.2. The van der Waals surface area contributed by atoms with Crippen molar-refractivity contribution in [1.29, 1.82) is 0 Å². The first-order chi connectivity index (χ1) is 7.20. The quantitative estimate of drug-likeness (QED) is 0.692. The molecular weight excluding hydrogens is 194 g/mol. The second-order valence-electron chi connectivity index (χ2n) is 3.71. The largest absolute Gasteiger partial charge is 0.481 e. The lowest BCUT2D eigenvalue weighted by atomic mass is 10.0. The van der Waals surface area contributed by atoms with Crippen molar-refractivity contribution in [2.24, 2.45) is 5.92 Å². The third-order valence-electron chi connectivity index (χ3n) is 2.82. The highest BCUT2D eigenvalue weighted by Gasteiger charge is 2.36. The predicted octanol–water partition coefficient (Wildman–Crippen LogP) is 0.984. The van der Waals surface area contributed by atoms with Crippen LogP contribution in [0.25, 0.3) is 0 Å². The molecular formula is C11H19NO3. The standard InChI is InChI=1S/C11H19NO3/c1-3-5-6-12(4-2)10-8-15-7-9(10)11(13)14/h3,5,9-10H,4,6-8H2,1-2H3,(H,13,14).